The summed E-state index contributed by atoms with van der Waals surface area (Å²) in [6.07, 6.45) is 3.19. The summed E-state index contributed by atoms with van der Waals surface area (Å²) in [5.41, 5.74) is -2.98. The predicted molar refractivity (Wildman–Crippen MR) is 136 cm³/mol. The van der Waals surface area contributed by atoms with Crippen LogP contribution < -0.4 is 5.32 Å². The Morgan fingerprint density at radius 1 is 1.03 bits per heavy atom. The second kappa shape index (κ2) is 11.4. The van der Waals surface area contributed by atoms with Crippen molar-refractivity contribution in [3.8, 4) is 0 Å². The standard InChI is InChI=1S/C23H41BINO6/c1-17-22(8,9)32-24(31-17)15-11-10-13-23(14-12-16-25,18(27)29-20(2,3)4)26-19(28)30-21(5,6)7/h1,10-16H2,2-9H3,(H,26,28). The Bertz CT molecular complexity index is 670. The number of rotatable bonds is 10. The third-order valence-electron chi connectivity index (χ3n) is 4.93. The molecule has 1 aliphatic heterocycles. The second-order valence-corrected chi connectivity index (χ2v) is 11.9. The molecule has 0 aromatic carbocycles. The highest BCUT2D eigenvalue weighted by atomic mass is 127. The first-order valence-electron chi connectivity index (χ1n) is 11.3. The monoisotopic (exact) mass is 565 g/mol. The van der Waals surface area contributed by atoms with Gasteiger partial charge in [0.15, 0.2) is 0 Å². The fourth-order valence-electron chi connectivity index (χ4n) is 3.32. The Hall–Kier alpha value is -0.965. The maximum Gasteiger partial charge on any atom is 0.525 e. The molecular weight excluding hydrogens is 524 g/mol. The Morgan fingerprint density at radius 2 is 1.59 bits per heavy atom. The molecule has 1 N–H and O–H groups in total. The minimum Gasteiger partial charge on any atom is -0.537 e. The van der Waals surface area contributed by atoms with E-state index in [1.54, 1.807) is 20.8 Å². The number of alkyl carbamates (subject to hydrolysis) is 1. The molecule has 9 heteroatoms. The normalized spacial score (nSPS) is 18.0. The van der Waals surface area contributed by atoms with Crippen LogP contribution in [0.4, 0.5) is 4.79 Å². The number of nitrogens with one attached hydrogen (secondary N) is 1. The highest BCUT2D eigenvalue weighted by molar-refractivity contribution is 14.1. The summed E-state index contributed by atoms with van der Waals surface area (Å²) in [4.78, 5) is 26.0. The molecule has 184 valence electrons. The fourth-order valence-corrected chi connectivity index (χ4v) is 3.70. The van der Waals surface area contributed by atoms with Gasteiger partial charge in [-0.05, 0) is 85.4 Å². The molecule has 1 rings (SSSR count). The van der Waals surface area contributed by atoms with Crippen molar-refractivity contribution in [2.24, 2.45) is 0 Å². The van der Waals surface area contributed by atoms with E-state index in [2.05, 4.69) is 34.5 Å². The lowest BCUT2D eigenvalue weighted by Crippen LogP contribution is -2.57. The van der Waals surface area contributed by atoms with Gasteiger partial charge >= 0.3 is 19.2 Å². The van der Waals surface area contributed by atoms with Crippen molar-refractivity contribution < 1.29 is 28.4 Å². The van der Waals surface area contributed by atoms with E-state index < -0.39 is 34.4 Å². The van der Waals surface area contributed by atoms with E-state index in [0.29, 0.717) is 31.3 Å². The number of hydrogen-bond acceptors (Lipinski definition) is 6. The number of carbonyl (C=O) groups excluding carboxylic acids is 2. The number of esters is 1. The van der Waals surface area contributed by atoms with Crippen LogP contribution in [0.1, 0.15) is 87.5 Å². The quantitative estimate of drug-likeness (QED) is 0.119. The molecule has 1 heterocycles. The van der Waals surface area contributed by atoms with Gasteiger partial charge in [0.05, 0.1) is 5.76 Å². The Labute approximate surface area is 208 Å². The van der Waals surface area contributed by atoms with Crippen LogP contribution >= 0.6 is 22.6 Å². The van der Waals surface area contributed by atoms with E-state index in [-0.39, 0.29) is 7.12 Å². The van der Waals surface area contributed by atoms with Gasteiger partial charge in [0.1, 0.15) is 22.3 Å². The first-order chi connectivity index (χ1) is 14.5. The van der Waals surface area contributed by atoms with Crippen molar-refractivity contribution >= 4 is 41.8 Å². The van der Waals surface area contributed by atoms with E-state index in [9.17, 15) is 9.59 Å². The summed E-state index contributed by atoms with van der Waals surface area (Å²) in [7, 11) is -0.346. The van der Waals surface area contributed by atoms with Crippen LogP contribution in [0.5, 0.6) is 0 Å². The van der Waals surface area contributed by atoms with Gasteiger partial charge in [0.2, 0.25) is 0 Å². The predicted octanol–water partition coefficient (Wildman–Crippen LogP) is 5.80. The average Bonchev–Trinajstić information content (AvgIpc) is 2.85. The molecule has 0 radical (unpaired) electrons. The molecule has 1 atom stereocenters. The molecule has 0 bridgehead atoms. The lowest BCUT2D eigenvalue weighted by Gasteiger charge is -2.36. The molecule has 7 nitrogen and oxygen atoms in total. The maximum absolute atomic E-state index is 13.3. The van der Waals surface area contributed by atoms with Crippen molar-refractivity contribution in [3.63, 3.8) is 0 Å². The highest BCUT2D eigenvalue weighted by Gasteiger charge is 2.44. The number of carbonyl (C=O) groups is 2. The molecule has 1 saturated heterocycles. The lowest BCUT2D eigenvalue weighted by molar-refractivity contribution is -0.164. The molecule has 1 amide bonds. The van der Waals surface area contributed by atoms with Crippen LogP contribution in [0.25, 0.3) is 0 Å². The number of halogens is 1. The molecule has 0 aromatic heterocycles. The van der Waals surface area contributed by atoms with Gasteiger partial charge in [-0.2, -0.15) is 0 Å². The molecule has 0 spiro atoms. The summed E-state index contributed by atoms with van der Waals surface area (Å²) in [5, 5.41) is 2.88. The van der Waals surface area contributed by atoms with Gasteiger partial charge in [-0.3, -0.25) is 0 Å². The van der Waals surface area contributed by atoms with Crippen LogP contribution in [0.2, 0.25) is 6.32 Å². The fraction of sp³-hybridized carbons (Fsp3) is 0.826. The van der Waals surface area contributed by atoms with E-state index in [0.717, 1.165) is 17.3 Å². The number of ether oxygens (including phenoxy) is 2. The topological polar surface area (TPSA) is 83.1 Å². The van der Waals surface area contributed by atoms with Crippen molar-refractivity contribution in [3.05, 3.63) is 12.3 Å². The van der Waals surface area contributed by atoms with Gasteiger partial charge in [-0.1, -0.05) is 42.0 Å². The molecule has 1 fully saturated rings. The zero-order chi connectivity index (χ0) is 24.8. The molecule has 0 saturated carbocycles. The minimum absolute atomic E-state index is 0.346. The summed E-state index contributed by atoms with van der Waals surface area (Å²) in [6.45, 7) is 18.6. The molecule has 1 unspecified atom stereocenters. The first kappa shape index (κ1) is 29.1. The maximum atomic E-state index is 13.3. The van der Waals surface area contributed by atoms with E-state index in [4.69, 9.17) is 18.8 Å². The summed E-state index contributed by atoms with van der Waals surface area (Å²) in [6, 6.07) is 0. The largest absolute Gasteiger partial charge is 0.537 e. The summed E-state index contributed by atoms with van der Waals surface area (Å²) < 4.78 is 23.7. The Balaban J connectivity index is 2.93. The van der Waals surface area contributed by atoms with E-state index in [1.165, 1.54) is 0 Å². The van der Waals surface area contributed by atoms with Crippen molar-refractivity contribution in [2.75, 3.05) is 4.43 Å². The number of amides is 1. The summed E-state index contributed by atoms with van der Waals surface area (Å²) >= 11 is 2.27. The molecule has 0 aliphatic carbocycles. The first-order valence-corrected chi connectivity index (χ1v) is 12.9. The van der Waals surface area contributed by atoms with E-state index >= 15 is 0 Å². The molecule has 1 aliphatic rings. The van der Waals surface area contributed by atoms with Crippen LogP contribution in [0.3, 0.4) is 0 Å². The van der Waals surface area contributed by atoms with Gasteiger partial charge < -0.3 is 24.1 Å². The SMILES string of the molecule is C=C1OB(CCCCC(CCCI)(NC(=O)OC(C)(C)C)C(=O)OC(C)(C)C)OC1(C)C. The van der Waals surface area contributed by atoms with Crippen molar-refractivity contribution in [1.82, 2.24) is 5.32 Å². The van der Waals surface area contributed by atoms with Crippen LogP contribution in [0, 0.1) is 0 Å². The zero-order valence-electron chi connectivity index (χ0n) is 21.1. The molecule has 32 heavy (non-hydrogen) atoms. The van der Waals surface area contributed by atoms with E-state index in [1.807, 2.05) is 34.6 Å². The third kappa shape index (κ3) is 9.89. The molecular formula is C23H41BINO6. The van der Waals surface area contributed by atoms with Gasteiger partial charge in [-0.25, -0.2) is 9.59 Å². The highest BCUT2D eigenvalue weighted by Crippen LogP contribution is 2.32. The third-order valence-corrected chi connectivity index (χ3v) is 5.69. The number of unbranched alkanes of at least 4 members (excludes halogenated alkanes) is 1. The average molecular weight is 565 g/mol. The second-order valence-electron chi connectivity index (χ2n) is 10.8. The van der Waals surface area contributed by atoms with Gasteiger partial charge in [0, 0.05) is 0 Å². The Morgan fingerprint density at radius 3 is 2.06 bits per heavy atom. The number of hydrogen-bond donors (Lipinski definition) is 1. The van der Waals surface area contributed by atoms with Gasteiger partial charge in [-0.15, -0.1) is 0 Å². The van der Waals surface area contributed by atoms with Crippen molar-refractivity contribution in [2.45, 2.75) is 116 Å². The van der Waals surface area contributed by atoms with Crippen LogP contribution in [-0.4, -0.2) is 46.0 Å². The van der Waals surface area contributed by atoms with Crippen molar-refractivity contribution in [1.29, 1.82) is 0 Å². The summed E-state index contributed by atoms with van der Waals surface area (Å²) in [5.74, 6) is 0.197. The smallest absolute Gasteiger partial charge is 0.525 e. The zero-order valence-corrected chi connectivity index (χ0v) is 23.2. The molecule has 0 aromatic rings. The minimum atomic E-state index is -1.15. The van der Waals surface area contributed by atoms with Crippen LogP contribution in [0.15, 0.2) is 12.3 Å². The van der Waals surface area contributed by atoms with Crippen LogP contribution in [-0.2, 0) is 23.6 Å². The number of alkyl halides is 1. The van der Waals surface area contributed by atoms with Gasteiger partial charge in [0.25, 0.3) is 0 Å². The Kier molecular flexibility index (Phi) is 10.4. The lowest BCUT2D eigenvalue weighted by atomic mass is 9.80.